The summed E-state index contributed by atoms with van der Waals surface area (Å²) in [5, 5.41) is 19.1. The molecule has 3 heteroatoms. The quantitative estimate of drug-likeness (QED) is 0.163. The van der Waals surface area contributed by atoms with E-state index in [1.807, 2.05) is 0 Å². The van der Waals surface area contributed by atoms with E-state index in [2.05, 4.69) is 62.4 Å². The van der Waals surface area contributed by atoms with Gasteiger partial charge in [-0.2, -0.15) is 10.5 Å². The van der Waals surface area contributed by atoms with Crippen LogP contribution in [0.2, 0.25) is 0 Å². The molecule has 53 heavy (non-hydrogen) atoms. The van der Waals surface area contributed by atoms with Gasteiger partial charge in [-0.1, -0.05) is 89.5 Å². The summed E-state index contributed by atoms with van der Waals surface area (Å²) in [6, 6.07) is 19.7. The molecule has 4 aliphatic rings. The molecule has 0 spiro atoms. The van der Waals surface area contributed by atoms with Crippen LogP contribution in [-0.2, 0) is 12.8 Å². The van der Waals surface area contributed by atoms with Crippen LogP contribution in [0.15, 0.2) is 36.4 Å². The normalized spacial score (nSPS) is 29.2. The molecule has 0 aliphatic heterocycles. The zero-order chi connectivity index (χ0) is 36.8. The van der Waals surface area contributed by atoms with Crippen LogP contribution in [-0.4, -0.2) is 0 Å². The zero-order valence-electron chi connectivity index (χ0n) is 33.8. The fourth-order valence-electron chi connectivity index (χ4n) is 10.9. The number of nitrogens with zero attached hydrogens (tertiary/aromatic N) is 2. The van der Waals surface area contributed by atoms with Gasteiger partial charge in [0.15, 0.2) is 0 Å². The van der Waals surface area contributed by atoms with Gasteiger partial charge in [0.2, 0.25) is 0 Å². The maximum atomic E-state index is 9.57. The molecule has 6 rings (SSSR count). The van der Waals surface area contributed by atoms with Crippen molar-refractivity contribution in [2.45, 2.75) is 193 Å². The first-order chi connectivity index (χ1) is 26.0. The number of benzene rings is 2. The molecule has 2 aromatic rings. The molecule has 3 nitrogen and oxygen atoms in total. The van der Waals surface area contributed by atoms with Crippen LogP contribution in [0.1, 0.15) is 202 Å². The molecule has 288 valence electrons. The molecular formula is C50H72N2O. The summed E-state index contributed by atoms with van der Waals surface area (Å²) >= 11 is 0. The van der Waals surface area contributed by atoms with Gasteiger partial charge in [-0.3, -0.25) is 0 Å². The van der Waals surface area contributed by atoms with E-state index in [-0.39, 0.29) is 11.8 Å². The lowest BCUT2D eigenvalue weighted by Gasteiger charge is -2.31. The van der Waals surface area contributed by atoms with Gasteiger partial charge in [0.05, 0.1) is 12.1 Å². The number of hydrogen-bond acceptors (Lipinski definition) is 3. The molecule has 0 atom stereocenters. The Morgan fingerprint density at radius 2 is 0.868 bits per heavy atom. The smallest absolute Gasteiger partial charge is 0.130 e. The maximum absolute atomic E-state index is 9.57. The van der Waals surface area contributed by atoms with Crippen LogP contribution >= 0.6 is 0 Å². The monoisotopic (exact) mass is 717 g/mol. The molecule has 0 amide bonds. The van der Waals surface area contributed by atoms with Gasteiger partial charge >= 0.3 is 0 Å². The lowest BCUT2D eigenvalue weighted by atomic mass is 9.76. The highest BCUT2D eigenvalue weighted by atomic mass is 16.5. The largest absolute Gasteiger partial charge is 0.457 e. The lowest BCUT2D eigenvalue weighted by molar-refractivity contribution is 0.300. The molecule has 0 bridgehead atoms. The standard InChI is InChI=1S/C50H72N2O/c1-3-5-7-9-37-19-23-43(24-20-37)45-27-29-49(47(33-45)31-39-11-15-41(35-51)16-12-39)53-50-30-28-46(44-25-21-38(22-26-44)10-8-6-4-2)34-48(50)32-40-13-17-42(36-52)18-14-40/h27-30,33-34,37-44H,3-26,31-32H2,1-2H3. The van der Waals surface area contributed by atoms with Gasteiger partial charge in [0.1, 0.15) is 11.5 Å². The third kappa shape index (κ3) is 11.6. The van der Waals surface area contributed by atoms with Crippen LogP contribution in [0.4, 0.5) is 0 Å². The highest BCUT2D eigenvalue weighted by Gasteiger charge is 2.28. The van der Waals surface area contributed by atoms with E-state index in [0.717, 1.165) is 87.5 Å². The summed E-state index contributed by atoms with van der Waals surface area (Å²) < 4.78 is 7.13. The van der Waals surface area contributed by atoms with Crippen molar-refractivity contribution in [3.05, 3.63) is 58.7 Å². The molecule has 0 saturated heterocycles. The molecule has 0 radical (unpaired) electrons. The summed E-state index contributed by atoms with van der Waals surface area (Å²) in [5.41, 5.74) is 5.83. The first-order valence-electron chi connectivity index (χ1n) is 22.8. The van der Waals surface area contributed by atoms with Crippen molar-refractivity contribution >= 4 is 0 Å². The zero-order valence-corrected chi connectivity index (χ0v) is 33.8. The second-order valence-electron chi connectivity index (χ2n) is 18.4. The van der Waals surface area contributed by atoms with E-state index < -0.39 is 0 Å². The van der Waals surface area contributed by atoms with E-state index in [9.17, 15) is 10.5 Å². The SMILES string of the molecule is CCCCCC1CCC(c2ccc(Oc3ccc(C4CCC(CCCCC)CC4)cc3CC3CCC(C#N)CC3)c(CC3CCC(C#N)CC3)c2)CC1. The highest BCUT2D eigenvalue weighted by Crippen LogP contribution is 2.44. The number of hydrogen-bond donors (Lipinski definition) is 0. The summed E-state index contributed by atoms with van der Waals surface area (Å²) in [7, 11) is 0. The average Bonchev–Trinajstić information content (AvgIpc) is 3.20. The van der Waals surface area contributed by atoms with Crippen LogP contribution in [0.25, 0.3) is 0 Å². The molecular weight excluding hydrogens is 645 g/mol. The van der Waals surface area contributed by atoms with Crippen molar-refractivity contribution in [2.24, 2.45) is 35.5 Å². The predicted molar refractivity (Wildman–Crippen MR) is 220 cm³/mol. The van der Waals surface area contributed by atoms with Crippen molar-refractivity contribution in [1.82, 2.24) is 0 Å². The number of rotatable bonds is 16. The fourth-order valence-corrected chi connectivity index (χ4v) is 10.9. The third-order valence-corrected chi connectivity index (χ3v) is 14.5. The Morgan fingerprint density at radius 3 is 1.23 bits per heavy atom. The third-order valence-electron chi connectivity index (χ3n) is 14.5. The van der Waals surface area contributed by atoms with Crippen molar-refractivity contribution in [3.63, 3.8) is 0 Å². The highest BCUT2D eigenvalue weighted by molar-refractivity contribution is 5.46. The summed E-state index contributed by atoms with van der Waals surface area (Å²) in [4.78, 5) is 0. The number of ether oxygens (including phenoxy) is 1. The fraction of sp³-hybridized carbons (Fsp3) is 0.720. The molecule has 4 saturated carbocycles. The molecule has 0 unspecified atom stereocenters. The minimum atomic E-state index is 0.237. The molecule has 0 heterocycles. The Hall–Kier alpha value is -2.78. The van der Waals surface area contributed by atoms with Gasteiger partial charge in [0.25, 0.3) is 0 Å². The van der Waals surface area contributed by atoms with Gasteiger partial charge in [-0.25, -0.2) is 0 Å². The number of unbranched alkanes of at least 4 members (excludes halogenated alkanes) is 4. The van der Waals surface area contributed by atoms with Gasteiger partial charge < -0.3 is 4.74 Å². The average molecular weight is 717 g/mol. The van der Waals surface area contributed by atoms with E-state index in [4.69, 9.17) is 4.74 Å². The lowest BCUT2D eigenvalue weighted by Crippen LogP contribution is -2.17. The maximum Gasteiger partial charge on any atom is 0.130 e. The predicted octanol–water partition coefficient (Wildman–Crippen LogP) is 14.9. The Morgan fingerprint density at radius 1 is 0.491 bits per heavy atom. The topological polar surface area (TPSA) is 56.8 Å². The molecule has 0 aromatic heterocycles. The van der Waals surface area contributed by atoms with Gasteiger partial charge in [-0.05, 0) is 185 Å². The molecule has 4 fully saturated rings. The van der Waals surface area contributed by atoms with Crippen LogP contribution in [0.5, 0.6) is 11.5 Å². The molecule has 4 aliphatic carbocycles. The summed E-state index contributed by atoms with van der Waals surface area (Å²) in [6.45, 7) is 4.63. The van der Waals surface area contributed by atoms with E-state index in [0.29, 0.717) is 23.7 Å². The van der Waals surface area contributed by atoms with E-state index in [1.165, 1.54) is 125 Å². The second-order valence-corrected chi connectivity index (χ2v) is 18.4. The van der Waals surface area contributed by atoms with Crippen molar-refractivity contribution in [3.8, 4) is 23.6 Å². The van der Waals surface area contributed by atoms with E-state index >= 15 is 0 Å². The minimum Gasteiger partial charge on any atom is -0.457 e. The summed E-state index contributed by atoms with van der Waals surface area (Å²) in [6.07, 6.45) is 32.8. The van der Waals surface area contributed by atoms with Gasteiger partial charge in [-0.15, -0.1) is 0 Å². The van der Waals surface area contributed by atoms with Crippen molar-refractivity contribution in [1.29, 1.82) is 10.5 Å². The molecule has 2 aromatic carbocycles. The van der Waals surface area contributed by atoms with Gasteiger partial charge in [0, 0.05) is 11.8 Å². The minimum absolute atomic E-state index is 0.237. The Labute approximate surface area is 324 Å². The Bertz CT molecular complexity index is 1350. The Kier molecular flexibility index (Phi) is 15.6. The van der Waals surface area contributed by atoms with E-state index in [1.54, 1.807) is 0 Å². The molecule has 0 N–H and O–H groups in total. The Balaban J connectivity index is 1.21. The second kappa shape index (κ2) is 20.8. The van der Waals surface area contributed by atoms with Crippen LogP contribution < -0.4 is 4.74 Å². The first kappa shape index (κ1) is 39.9. The van der Waals surface area contributed by atoms with Crippen LogP contribution in [0, 0.1) is 58.2 Å². The first-order valence-corrected chi connectivity index (χ1v) is 22.8. The van der Waals surface area contributed by atoms with Crippen LogP contribution in [0.3, 0.4) is 0 Å². The van der Waals surface area contributed by atoms with Crippen molar-refractivity contribution < 1.29 is 4.74 Å². The summed E-state index contributed by atoms with van der Waals surface area (Å²) in [5.74, 6) is 7.02. The number of nitriles is 2. The van der Waals surface area contributed by atoms with Crippen molar-refractivity contribution in [2.75, 3.05) is 0 Å².